The molecule has 6 heteroatoms. The van der Waals surface area contributed by atoms with E-state index in [1.165, 1.54) is 61.9 Å². The number of morpholine rings is 1. The van der Waals surface area contributed by atoms with Crippen molar-refractivity contribution in [2.45, 2.75) is 63.5 Å². The van der Waals surface area contributed by atoms with Gasteiger partial charge in [0.1, 0.15) is 5.76 Å². The number of ether oxygens (including phenoxy) is 1. The van der Waals surface area contributed by atoms with Crippen LogP contribution in [0.1, 0.15) is 73.3 Å². The van der Waals surface area contributed by atoms with Gasteiger partial charge in [0.05, 0.1) is 19.5 Å². The number of fused-ring (bicyclic) bond motifs is 1. The lowest BCUT2D eigenvalue weighted by atomic mass is 9.83. The van der Waals surface area contributed by atoms with E-state index in [0.717, 1.165) is 62.9 Å². The second-order valence-corrected chi connectivity index (χ2v) is 11.4. The molecule has 0 radical (unpaired) electrons. The molecule has 5 aliphatic rings. The van der Waals surface area contributed by atoms with Crippen molar-refractivity contribution in [1.29, 1.82) is 0 Å². The first kappa shape index (κ1) is 25.4. The Balaban J connectivity index is 0.965. The number of carbonyl (C=O) groups is 1. The van der Waals surface area contributed by atoms with E-state index in [4.69, 9.17) is 9.15 Å². The second-order valence-electron chi connectivity index (χ2n) is 11.4. The van der Waals surface area contributed by atoms with Crippen molar-refractivity contribution >= 4 is 11.6 Å². The quantitative estimate of drug-likeness (QED) is 0.410. The van der Waals surface area contributed by atoms with Crippen molar-refractivity contribution in [3.8, 4) is 11.3 Å². The fourth-order valence-corrected chi connectivity index (χ4v) is 6.66. The highest BCUT2D eigenvalue weighted by molar-refractivity contribution is 5.94. The van der Waals surface area contributed by atoms with Crippen LogP contribution in [-0.4, -0.2) is 56.2 Å². The molecule has 1 amide bonds. The van der Waals surface area contributed by atoms with Crippen molar-refractivity contribution in [1.82, 2.24) is 10.2 Å². The molecule has 3 aliphatic heterocycles. The van der Waals surface area contributed by atoms with Gasteiger partial charge in [-0.3, -0.25) is 9.69 Å². The van der Waals surface area contributed by atoms with E-state index >= 15 is 0 Å². The molecule has 2 saturated heterocycles. The third-order valence-electron chi connectivity index (χ3n) is 8.96. The van der Waals surface area contributed by atoms with Gasteiger partial charge in [0.2, 0.25) is 0 Å². The number of carbonyl (C=O) groups excluding carboxylic acids is 1. The zero-order valence-electron chi connectivity index (χ0n) is 22.4. The topological polar surface area (TPSA) is 58.0 Å². The van der Waals surface area contributed by atoms with E-state index in [2.05, 4.69) is 45.4 Å². The number of rotatable bonds is 7. The van der Waals surface area contributed by atoms with E-state index in [1.54, 1.807) is 0 Å². The van der Waals surface area contributed by atoms with Gasteiger partial charge in [0.15, 0.2) is 0 Å². The number of benzene rings is 1. The van der Waals surface area contributed by atoms with Crippen LogP contribution >= 0.6 is 0 Å². The van der Waals surface area contributed by atoms with Crippen molar-refractivity contribution in [3.63, 3.8) is 0 Å². The number of anilines is 1. The van der Waals surface area contributed by atoms with Crippen LogP contribution in [0.5, 0.6) is 0 Å². The Morgan fingerprint density at radius 3 is 2.55 bits per heavy atom. The summed E-state index contributed by atoms with van der Waals surface area (Å²) >= 11 is 0. The molecule has 1 N–H and O–H groups in total. The highest BCUT2D eigenvalue weighted by atomic mass is 16.5. The maximum Gasteiger partial charge on any atom is 0.251 e. The summed E-state index contributed by atoms with van der Waals surface area (Å²) in [5, 5.41) is 3.31. The second kappa shape index (κ2) is 11.9. The lowest BCUT2D eigenvalue weighted by Gasteiger charge is -2.37. The van der Waals surface area contributed by atoms with Crippen molar-refractivity contribution in [2.75, 3.05) is 44.3 Å². The molecule has 202 valence electrons. The Bertz CT molecular complexity index is 1140. The van der Waals surface area contributed by atoms with Crippen molar-refractivity contribution in [2.24, 2.45) is 5.92 Å². The van der Waals surface area contributed by atoms with Crippen LogP contribution in [0.15, 0.2) is 59.2 Å². The van der Waals surface area contributed by atoms with E-state index in [-0.39, 0.29) is 5.91 Å². The monoisotopic (exact) mass is 515 g/mol. The molecule has 2 aliphatic carbocycles. The van der Waals surface area contributed by atoms with Gasteiger partial charge in [-0.2, -0.15) is 0 Å². The van der Waals surface area contributed by atoms with Gasteiger partial charge >= 0.3 is 0 Å². The number of hydrogen-bond donors (Lipinski definition) is 1. The summed E-state index contributed by atoms with van der Waals surface area (Å²) in [6, 6.07) is 17.4. The smallest absolute Gasteiger partial charge is 0.251 e. The molecule has 0 aromatic heterocycles. The summed E-state index contributed by atoms with van der Waals surface area (Å²) in [6.07, 6.45) is 11.6. The normalized spacial score (nSPS) is 24.9. The molecule has 0 bridgehead atoms. The Labute approximate surface area is 226 Å². The van der Waals surface area contributed by atoms with Crippen LogP contribution in [0.4, 0.5) is 5.69 Å². The Hall–Kier alpha value is -2.83. The average molecular weight is 516 g/mol. The van der Waals surface area contributed by atoms with Gasteiger partial charge in [-0.15, -0.1) is 0 Å². The molecule has 6 rings (SSSR count). The summed E-state index contributed by atoms with van der Waals surface area (Å²) in [6.45, 7) is 5.69. The largest absolute Gasteiger partial charge is 0.464 e. The molecule has 1 aromatic rings. The van der Waals surface area contributed by atoms with E-state index in [1.807, 2.05) is 24.5 Å². The van der Waals surface area contributed by atoms with Gasteiger partial charge in [-0.05, 0) is 100 Å². The van der Waals surface area contributed by atoms with Crippen LogP contribution in [0.2, 0.25) is 0 Å². The predicted molar refractivity (Wildman–Crippen MR) is 151 cm³/mol. The Kier molecular flexibility index (Phi) is 7.98. The minimum absolute atomic E-state index is 0.0605. The van der Waals surface area contributed by atoms with Gasteiger partial charge in [-0.1, -0.05) is 18.6 Å². The lowest BCUT2D eigenvalue weighted by molar-refractivity contribution is 0.0915. The summed E-state index contributed by atoms with van der Waals surface area (Å²) in [5.41, 5.74) is 4.46. The molecule has 3 heterocycles. The molecule has 1 aromatic carbocycles. The first-order chi connectivity index (χ1) is 18.7. The molecule has 1 saturated carbocycles. The number of nitrogens with zero attached hydrogens (tertiary/aromatic N) is 2. The summed E-state index contributed by atoms with van der Waals surface area (Å²) in [4.78, 5) is 17.9. The first-order valence-electron chi connectivity index (χ1n) is 14.7. The number of piperidine rings is 1. The number of amides is 1. The maximum atomic E-state index is 12.9. The zero-order chi connectivity index (χ0) is 25.7. The molecule has 3 fully saturated rings. The molecule has 6 nitrogen and oxygen atoms in total. The van der Waals surface area contributed by atoms with Crippen molar-refractivity contribution < 1.29 is 13.9 Å². The summed E-state index contributed by atoms with van der Waals surface area (Å²) in [5.74, 6) is 1.79. The lowest BCUT2D eigenvalue weighted by Crippen LogP contribution is -2.39. The minimum Gasteiger partial charge on any atom is -0.464 e. The van der Waals surface area contributed by atoms with Crippen LogP contribution in [0, 0.1) is 5.92 Å². The summed E-state index contributed by atoms with van der Waals surface area (Å²) in [7, 11) is 0. The fraction of sp³-hybridized carbons (Fsp3) is 0.531. The fourth-order valence-electron chi connectivity index (χ4n) is 6.66. The number of hydrogen-bond acceptors (Lipinski definition) is 5. The van der Waals surface area contributed by atoms with Crippen LogP contribution in [0.3, 0.4) is 0 Å². The van der Waals surface area contributed by atoms with E-state index in [0.29, 0.717) is 12.1 Å². The van der Waals surface area contributed by atoms with Gasteiger partial charge in [0.25, 0.3) is 5.91 Å². The van der Waals surface area contributed by atoms with Crippen molar-refractivity contribution in [3.05, 3.63) is 65.9 Å². The molecular weight excluding hydrogens is 474 g/mol. The van der Waals surface area contributed by atoms with Crippen LogP contribution in [0.25, 0.3) is 11.3 Å². The molecule has 1 unspecified atom stereocenters. The molecule has 1 atom stereocenters. The third-order valence-corrected chi connectivity index (χ3v) is 8.96. The standard InChI is InChI=1S/C32H41N3O3/c36-32(25-9-13-29(14-10-25)34-18-20-37-21-19-34)33-28-11-7-24(8-12-28)15-17-35-16-2-1-5-30(35)27-22-26-4-3-6-31(26)38-23-27/h3-4,6,9-10,13-14,22-24,28,30H,1-2,5,7-8,11-12,15-21H2,(H,33,36). The minimum atomic E-state index is 0.0605. The SMILES string of the molecule is O=C(NC1CCC(CCN2CCCCC2c2coc3cccc-3c2)CC1)c1ccc(N2CCOCC2)cc1. The van der Waals surface area contributed by atoms with E-state index in [9.17, 15) is 4.79 Å². The molecule has 0 spiro atoms. The van der Waals surface area contributed by atoms with Gasteiger partial charge in [0, 0.05) is 47.6 Å². The highest BCUT2D eigenvalue weighted by Crippen LogP contribution is 2.36. The van der Waals surface area contributed by atoms with Gasteiger partial charge < -0.3 is 19.4 Å². The Morgan fingerprint density at radius 1 is 0.921 bits per heavy atom. The molecule has 38 heavy (non-hydrogen) atoms. The number of likely N-dealkylation sites (tertiary alicyclic amines) is 1. The van der Waals surface area contributed by atoms with E-state index < -0.39 is 0 Å². The summed E-state index contributed by atoms with van der Waals surface area (Å²) < 4.78 is 11.4. The predicted octanol–water partition coefficient (Wildman–Crippen LogP) is 6.13. The number of nitrogens with one attached hydrogen (secondary N) is 1. The third kappa shape index (κ3) is 5.92. The average Bonchev–Trinajstić information content (AvgIpc) is 3.46. The van der Waals surface area contributed by atoms with Crippen LogP contribution < -0.4 is 10.2 Å². The van der Waals surface area contributed by atoms with Gasteiger partial charge in [-0.25, -0.2) is 0 Å². The zero-order valence-corrected chi connectivity index (χ0v) is 22.4. The highest BCUT2D eigenvalue weighted by Gasteiger charge is 2.28. The maximum absolute atomic E-state index is 12.9. The van der Waals surface area contributed by atoms with Crippen LogP contribution in [-0.2, 0) is 4.74 Å². The molecular formula is C32H41N3O3. The first-order valence-corrected chi connectivity index (χ1v) is 14.7. The Morgan fingerprint density at radius 2 is 1.74 bits per heavy atom.